The van der Waals surface area contributed by atoms with Gasteiger partial charge in [0.05, 0.1) is 12.2 Å². The number of Topliss-reactive ketones (excluding diaryl/α,β-unsaturated/α-hetero) is 1. The Morgan fingerprint density at radius 3 is 2.28 bits per heavy atom. The van der Waals surface area contributed by atoms with Gasteiger partial charge in [0.1, 0.15) is 23.8 Å². The van der Waals surface area contributed by atoms with Crippen LogP contribution in [0.2, 0.25) is 0 Å². The summed E-state index contributed by atoms with van der Waals surface area (Å²) in [6.07, 6.45) is 14.8. The molecule has 0 unspecified atom stereocenters. The normalized spacial score (nSPS) is 24.0. The molecule has 1 saturated heterocycles. The van der Waals surface area contributed by atoms with Gasteiger partial charge in [-0.25, -0.2) is 4.98 Å². The minimum Gasteiger partial charge on any atom is -0.347 e. The summed E-state index contributed by atoms with van der Waals surface area (Å²) in [7, 11) is 0. The molecule has 3 saturated carbocycles. The Morgan fingerprint density at radius 1 is 0.900 bits per heavy atom. The second-order valence-electron chi connectivity index (χ2n) is 15.9. The minimum absolute atomic E-state index is 0.0127. The van der Waals surface area contributed by atoms with Crippen molar-refractivity contribution in [3.05, 3.63) is 24.3 Å². The molecule has 2 heterocycles. The van der Waals surface area contributed by atoms with E-state index >= 15 is 0 Å². The Morgan fingerprint density at radius 2 is 1.64 bits per heavy atom. The number of hydrogen-bond donors (Lipinski definition) is 4. The number of carbonyl (C=O) groups excluding carboxylic acids is 6. The van der Waals surface area contributed by atoms with E-state index in [1.54, 1.807) is 4.90 Å². The molecule has 1 aromatic heterocycles. The average molecular weight is 694 g/mol. The number of unbranched alkanes of at least 4 members (excludes halogenated alkanes) is 1. The molecule has 4 N–H and O–H groups in total. The highest BCUT2D eigenvalue weighted by molar-refractivity contribution is 6.38. The van der Waals surface area contributed by atoms with Crippen molar-refractivity contribution in [3.8, 4) is 0 Å². The van der Waals surface area contributed by atoms with E-state index in [1.807, 2.05) is 27.7 Å². The van der Waals surface area contributed by atoms with Gasteiger partial charge in [-0.1, -0.05) is 66.2 Å². The van der Waals surface area contributed by atoms with Crippen molar-refractivity contribution < 1.29 is 28.8 Å². The highest BCUT2D eigenvalue weighted by Gasteiger charge is 2.52. The van der Waals surface area contributed by atoms with Gasteiger partial charge in [0.25, 0.3) is 11.8 Å². The number of ketones is 1. The fourth-order valence-corrected chi connectivity index (χ4v) is 7.99. The van der Waals surface area contributed by atoms with Crippen LogP contribution in [0.4, 0.5) is 0 Å². The highest BCUT2D eigenvalue weighted by atomic mass is 16.2. The molecule has 50 heavy (non-hydrogen) atoms. The molecule has 13 nitrogen and oxygen atoms in total. The third-order valence-electron chi connectivity index (χ3n) is 10.9. The van der Waals surface area contributed by atoms with Crippen molar-refractivity contribution in [2.24, 2.45) is 23.2 Å². The maximum atomic E-state index is 14.6. The molecule has 1 aliphatic heterocycles. The van der Waals surface area contributed by atoms with Gasteiger partial charge in [-0.05, 0) is 68.1 Å². The summed E-state index contributed by atoms with van der Waals surface area (Å²) in [5, 5.41) is 11.5. The molecular weight excluding hydrogens is 638 g/mol. The van der Waals surface area contributed by atoms with Crippen molar-refractivity contribution in [3.63, 3.8) is 0 Å². The van der Waals surface area contributed by atoms with Crippen molar-refractivity contribution in [2.75, 3.05) is 6.54 Å². The summed E-state index contributed by atoms with van der Waals surface area (Å²) in [4.78, 5) is 91.8. The number of likely N-dealkylation sites (tertiary alicyclic amines) is 1. The molecule has 274 valence electrons. The van der Waals surface area contributed by atoms with Crippen LogP contribution >= 0.6 is 0 Å². The van der Waals surface area contributed by atoms with Gasteiger partial charge in [-0.3, -0.25) is 33.8 Å². The molecule has 5 amide bonds. The van der Waals surface area contributed by atoms with E-state index in [0.717, 1.165) is 70.6 Å². The minimum atomic E-state index is -0.995. The van der Waals surface area contributed by atoms with E-state index in [9.17, 15) is 28.8 Å². The largest absolute Gasteiger partial charge is 0.347 e. The lowest BCUT2D eigenvalue weighted by Gasteiger charge is -2.38. The van der Waals surface area contributed by atoms with Crippen LogP contribution < -0.4 is 21.3 Å². The first-order chi connectivity index (χ1) is 23.9. The van der Waals surface area contributed by atoms with E-state index in [-0.39, 0.29) is 35.4 Å². The number of rotatable bonds is 14. The number of nitrogens with zero attached hydrogens (tertiary/aromatic N) is 3. The monoisotopic (exact) mass is 693 g/mol. The SMILES string of the molecule is CCCC[C@@H](NC(=O)[C@@H]1[C@H]2CCC[C@H]2CN1C(=O)[C@@H](NC(=O)[C@@H](NC(=O)c1cnccn1)C1CCCCC1)C(C)(C)C)C(=O)C(=O)NC1CC1. The molecular formula is C37H55N7O6. The number of fused-ring (bicyclic) bond motifs is 1. The van der Waals surface area contributed by atoms with E-state index in [0.29, 0.717) is 19.4 Å². The Balaban J connectivity index is 1.36. The summed E-state index contributed by atoms with van der Waals surface area (Å²) >= 11 is 0. The summed E-state index contributed by atoms with van der Waals surface area (Å²) in [6.45, 7) is 7.96. The number of amides is 5. The van der Waals surface area contributed by atoms with Crippen LogP contribution in [-0.2, 0) is 24.0 Å². The fraction of sp³-hybridized carbons (Fsp3) is 0.730. The summed E-state index contributed by atoms with van der Waals surface area (Å²) in [5.74, 6) is -3.17. The summed E-state index contributed by atoms with van der Waals surface area (Å²) in [5.41, 5.74) is -0.638. The quantitative estimate of drug-likeness (QED) is 0.215. The number of nitrogens with one attached hydrogen (secondary N) is 4. The second-order valence-corrected chi connectivity index (χ2v) is 15.9. The number of hydrogen-bond acceptors (Lipinski definition) is 8. The third kappa shape index (κ3) is 9.06. The van der Waals surface area contributed by atoms with Crippen LogP contribution in [0.5, 0.6) is 0 Å². The van der Waals surface area contributed by atoms with Gasteiger partial charge in [0.2, 0.25) is 23.5 Å². The van der Waals surface area contributed by atoms with Gasteiger partial charge >= 0.3 is 0 Å². The second kappa shape index (κ2) is 16.4. The zero-order chi connectivity index (χ0) is 36.0. The standard InChI is InChI=1S/C37H55N7O6/c1-5-6-15-26(30(45)35(49)40-24-16-17-24)41-34(48)29-25-14-10-13-23(25)21-44(29)36(50)31(37(2,3)4)43-33(47)28(22-11-8-7-9-12-22)42-32(46)27-20-38-18-19-39-27/h18-20,22-26,28-29,31H,5-17,21H2,1-4H3,(H,40,49)(H,41,48)(H,42,46)(H,43,47)/t23-,25-,26+,28-,29-,31+/m0/s1. The Hall–Kier alpha value is -3.90. The van der Waals surface area contributed by atoms with E-state index in [1.165, 1.54) is 18.6 Å². The summed E-state index contributed by atoms with van der Waals surface area (Å²) < 4.78 is 0. The van der Waals surface area contributed by atoms with Crippen LogP contribution in [-0.4, -0.2) is 86.9 Å². The van der Waals surface area contributed by atoms with E-state index in [4.69, 9.17) is 0 Å². The first-order valence-corrected chi connectivity index (χ1v) is 18.7. The molecule has 6 atom stereocenters. The third-order valence-corrected chi connectivity index (χ3v) is 10.9. The lowest BCUT2D eigenvalue weighted by molar-refractivity contribution is -0.146. The first kappa shape index (κ1) is 37.4. The van der Waals surface area contributed by atoms with E-state index in [2.05, 4.69) is 31.2 Å². The van der Waals surface area contributed by atoms with Crippen LogP contribution in [0, 0.1) is 23.2 Å². The van der Waals surface area contributed by atoms with Gasteiger partial charge in [0, 0.05) is 25.0 Å². The van der Waals surface area contributed by atoms with Gasteiger partial charge in [-0.15, -0.1) is 0 Å². The smallest absolute Gasteiger partial charge is 0.289 e. The zero-order valence-corrected chi connectivity index (χ0v) is 30.0. The molecule has 4 fully saturated rings. The first-order valence-electron chi connectivity index (χ1n) is 18.7. The number of carbonyl (C=O) groups is 6. The Kier molecular flexibility index (Phi) is 12.3. The molecule has 13 heteroatoms. The Labute approximate surface area is 295 Å². The van der Waals surface area contributed by atoms with E-state index < -0.39 is 59.0 Å². The maximum Gasteiger partial charge on any atom is 0.289 e. The molecule has 1 aromatic rings. The molecule has 4 aliphatic rings. The lowest BCUT2D eigenvalue weighted by atomic mass is 9.82. The van der Waals surface area contributed by atoms with Gasteiger partial charge in [0.15, 0.2) is 0 Å². The van der Waals surface area contributed by atoms with Gasteiger partial charge in [-0.2, -0.15) is 0 Å². The molecule has 5 rings (SSSR count). The van der Waals surface area contributed by atoms with Crippen LogP contribution in [0.25, 0.3) is 0 Å². The highest BCUT2D eigenvalue weighted by Crippen LogP contribution is 2.43. The van der Waals surface area contributed by atoms with Crippen molar-refractivity contribution in [2.45, 2.75) is 141 Å². The van der Waals surface area contributed by atoms with Crippen molar-refractivity contribution >= 4 is 35.3 Å². The molecule has 0 aromatic carbocycles. The average Bonchev–Trinajstić information content (AvgIpc) is 3.67. The van der Waals surface area contributed by atoms with Gasteiger partial charge < -0.3 is 26.2 Å². The Bertz CT molecular complexity index is 1400. The predicted octanol–water partition coefficient (Wildman–Crippen LogP) is 2.84. The maximum absolute atomic E-state index is 14.6. The summed E-state index contributed by atoms with van der Waals surface area (Å²) in [6, 6.07) is -3.67. The molecule has 3 aliphatic carbocycles. The van der Waals surface area contributed by atoms with Crippen LogP contribution in [0.3, 0.4) is 0 Å². The zero-order valence-electron chi connectivity index (χ0n) is 30.0. The molecule has 0 radical (unpaired) electrons. The fourth-order valence-electron chi connectivity index (χ4n) is 7.99. The number of aromatic nitrogens is 2. The topological polar surface area (TPSA) is 180 Å². The molecule has 0 spiro atoms. The van der Waals surface area contributed by atoms with Crippen molar-refractivity contribution in [1.29, 1.82) is 0 Å². The molecule has 0 bridgehead atoms. The van der Waals surface area contributed by atoms with Crippen molar-refractivity contribution in [1.82, 2.24) is 36.1 Å². The lowest BCUT2D eigenvalue weighted by Crippen LogP contribution is -2.62. The van der Waals surface area contributed by atoms with Crippen LogP contribution in [0.15, 0.2) is 18.6 Å². The predicted molar refractivity (Wildman–Crippen MR) is 185 cm³/mol. The van der Waals surface area contributed by atoms with Crippen LogP contribution in [0.1, 0.15) is 122 Å².